The molecule has 14 aromatic rings. The van der Waals surface area contributed by atoms with Crippen molar-refractivity contribution in [3.05, 3.63) is 247 Å². The first-order chi connectivity index (χ1) is 38.6. The first-order valence-electron chi connectivity index (χ1n) is 28.2. The summed E-state index contributed by atoms with van der Waals surface area (Å²) in [6, 6.07) is 86.7. The molecule has 3 aromatic heterocycles. The van der Waals surface area contributed by atoms with Crippen molar-refractivity contribution < 1.29 is 0 Å². The summed E-state index contributed by atoms with van der Waals surface area (Å²) in [5.41, 5.74) is 19.2. The highest BCUT2D eigenvalue weighted by Gasteiger charge is 2.28. The predicted molar refractivity (Wildman–Crippen MR) is 348 cm³/mol. The van der Waals surface area contributed by atoms with Crippen LogP contribution in [0, 0.1) is 0 Å². The molecular weight excluding hydrogens is 987 g/mol. The molecule has 0 bridgehead atoms. The summed E-state index contributed by atoms with van der Waals surface area (Å²) < 4.78 is 5.17. The van der Waals surface area contributed by atoms with Crippen LogP contribution < -0.4 is 9.80 Å². The minimum atomic E-state index is -0.0506. The third-order valence-electron chi connectivity index (χ3n) is 16.7. The van der Waals surface area contributed by atoms with Crippen LogP contribution in [0.25, 0.3) is 91.3 Å². The molecule has 0 N–H and O–H groups in total. The molecule has 0 unspecified atom stereocenters. The zero-order valence-corrected chi connectivity index (χ0v) is 48.0. The maximum atomic E-state index is 2.61. The molecule has 0 aliphatic rings. The summed E-state index contributed by atoms with van der Waals surface area (Å²) in [6.07, 6.45) is 0. The van der Waals surface area contributed by atoms with Crippen LogP contribution in [0.15, 0.2) is 231 Å². The molecule has 3 nitrogen and oxygen atoms in total. The van der Waals surface area contributed by atoms with Crippen molar-refractivity contribution >= 4 is 115 Å². The first kappa shape index (κ1) is 49.6. The van der Waals surface area contributed by atoms with E-state index in [4.69, 9.17) is 0 Å². The van der Waals surface area contributed by atoms with E-state index in [1.807, 2.05) is 11.3 Å². The second kappa shape index (κ2) is 18.4. The van der Waals surface area contributed by atoms with Gasteiger partial charge in [-0.3, -0.25) is 0 Å². The van der Waals surface area contributed by atoms with Gasteiger partial charge >= 0.3 is 0 Å². The van der Waals surface area contributed by atoms with Crippen molar-refractivity contribution in [1.82, 2.24) is 4.40 Å². The van der Waals surface area contributed by atoms with E-state index in [1.54, 1.807) is 0 Å². The van der Waals surface area contributed by atoms with Crippen molar-refractivity contribution in [2.24, 2.45) is 0 Å². The number of benzene rings is 11. The molecule has 0 saturated heterocycles. The van der Waals surface area contributed by atoms with Gasteiger partial charge in [0.2, 0.25) is 0 Å². The molecule has 0 radical (unpaired) electrons. The highest BCUT2D eigenvalue weighted by molar-refractivity contribution is 7.26. The Hall–Kier alpha value is -8.70. The summed E-state index contributed by atoms with van der Waals surface area (Å²) in [5.74, 6) is 0. The van der Waals surface area contributed by atoms with Crippen molar-refractivity contribution in [3.63, 3.8) is 0 Å². The number of aromatic nitrogens is 1. The lowest BCUT2D eigenvalue weighted by atomic mass is 9.86. The van der Waals surface area contributed by atoms with Gasteiger partial charge in [0.25, 0.3) is 0 Å². The van der Waals surface area contributed by atoms with Gasteiger partial charge in [-0.15, -0.1) is 11.3 Å². The fourth-order valence-corrected chi connectivity index (χ4v) is 13.6. The average Bonchev–Trinajstić information content (AvgIpc) is 4.13. The molecule has 3 heterocycles. The SMILES string of the molecule is CC(C)(C)c1cccc(N(c2cccc(-c3ccccc3)c2)c2ccc3c(c2)sc2ccc4c(ccc5c6ccc(N(c7cccc(-c8ccccc8)c7)c7cccc(C(C)(C)C)c7)c7c8cc(C(C)(C)C)ccc8n(c45)c67)c23)c1. The van der Waals surface area contributed by atoms with Gasteiger partial charge in [-0.1, -0.05) is 208 Å². The van der Waals surface area contributed by atoms with Crippen LogP contribution in [-0.4, -0.2) is 4.40 Å². The Morgan fingerprint density at radius 3 is 1.38 bits per heavy atom. The summed E-state index contributed by atoms with van der Waals surface area (Å²) in [6.45, 7) is 20.8. The van der Waals surface area contributed by atoms with Crippen molar-refractivity contribution in [2.45, 2.75) is 78.6 Å². The molecule has 0 spiro atoms. The zero-order valence-electron chi connectivity index (χ0n) is 47.2. The van der Waals surface area contributed by atoms with Crippen LogP contribution in [0.1, 0.15) is 79.0 Å². The molecule has 0 fully saturated rings. The predicted octanol–water partition coefficient (Wildman–Crippen LogP) is 22.5. The smallest absolute Gasteiger partial charge is 0.0641 e. The minimum Gasteiger partial charge on any atom is -0.310 e. The Kier molecular flexibility index (Phi) is 11.4. The average molecular weight is 1050 g/mol. The molecule has 4 heteroatoms. The van der Waals surface area contributed by atoms with Crippen molar-refractivity contribution in [3.8, 4) is 22.3 Å². The summed E-state index contributed by atoms with van der Waals surface area (Å²) >= 11 is 1.89. The quantitative estimate of drug-likeness (QED) is 0.150. The molecule has 0 aliphatic heterocycles. The van der Waals surface area contributed by atoms with Gasteiger partial charge in [0, 0.05) is 75.5 Å². The van der Waals surface area contributed by atoms with Gasteiger partial charge in [-0.2, -0.15) is 0 Å². The van der Waals surface area contributed by atoms with Gasteiger partial charge in [-0.25, -0.2) is 0 Å². The topological polar surface area (TPSA) is 10.9 Å². The number of hydrogen-bond acceptors (Lipinski definition) is 3. The molecule has 0 atom stereocenters. The second-order valence-electron chi connectivity index (χ2n) is 25.1. The number of thiophene rings is 1. The number of hydrogen-bond donors (Lipinski definition) is 0. The van der Waals surface area contributed by atoms with Gasteiger partial charge < -0.3 is 14.2 Å². The molecule has 0 aliphatic carbocycles. The van der Waals surface area contributed by atoms with E-state index in [2.05, 4.69) is 307 Å². The van der Waals surface area contributed by atoms with E-state index in [0.717, 1.165) is 28.4 Å². The van der Waals surface area contributed by atoms with Crippen LogP contribution in [0.3, 0.4) is 0 Å². The molecule has 14 rings (SSSR count). The number of nitrogens with zero attached hydrogens (tertiary/aromatic N) is 3. The normalized spacial score (nSPS) is 12.6. The Morgan fingerprint density at radius 1 is 0.300 bits per heavy atom. The van der Waals surface area contributed by atoms with E-state index in [-0.39, 0.29) is 16.2 Å². The largest absolute Gasteiger partial charge is 0.310 e. The number of fused-ring (bicyclic) bond motifs is 12. The molecule has 0 saturated carbocycles. The molecule has 80 heavy (non-hydrogen) atoms. The Labute approximate surface area is 474 Å². The molecule has 0 amide bonds. The first-order valence-corrected chi connectivity index (χ1v) is 29.1. The minimum absolute atomic E-state index is 0.00365. The van der Waals surface area contributed by atoms with E-state index >= 15 is 0 Å². The van der Waals surface area contributed by atoms with Crippen LogP contribution >= 0.6 is 11.3 Å². The van der Waals surface area contributed by atoms with Gasteiger partial charge in [0.1, 0.15) is 0 Å². The zero-order chi connectivity index (χ0) is 54.8. The van der Waals surface area contributed by atoms with E-state index < -0.39 is 0 Å². The third-order valence-corrected chi connectivity index (χ3v) is 17.8. The fraction of sp³-hybridized carbons (Fsp3) is 0.158. The number of rotatable bonds is 8. The van der Waals surface area contributed by atoms with E-state index in [0.29, 0.717) is 0 Å². The highest BCUT2D eigenvalue weighted by atomic mass is 32.1. The summed E-state index contributed by atoms with van der Waals surface area (Å²) in [4.78, 5) is 4.96. The molecule has 11 aromatic carbocycles. The van der Waals surface area contributed by atoms with Crippen LogP contribution in [0.4, 0.5) is 34.1 Å². The maximum Gasteiger partial charge on any atom is 0.0641 e. The van der Waals surface area contributed by atoms with Crippen molar-refractivity contribution in [1.29, 1.82) is 0 Å². The van der Waals surface area contributed by atoms with E-state index in [9.17, 15) is 0 Å². The van der Waals surface area contributed by atoms with Gasteiger partial charge in [0.15, 0.2) is 0 Å². The summed E-state index contributed by atoms with van der Waals surface area (Å²) in [5, 5.41) is 10.2. The van der Waals surface area contributed by atoms with Crippen molar-refractivity contribution in [2.75, 3.05) is 9.80 Å². The highest BCUT2D eigenvalue weighted by Crippen LogP contribution is 2.51. The van der Waals surface area contributed by atoms with Gasteiger partial charge in [0.05, 0.1) is 22.2 Å². The maximum absolute atomic E-state index is 2.61. The second-order valence-corrected chi connectivity index (χ2v) is 26.1. The number of anilines is 6. The lowest BCUT2D eigenvalue weighted by Crippen LogP contribution is -2.14. The Bertz CT molecular complexity index is 4710. The van der Waals surface area contributed by atoms with Crippen LogP contribution in [0.2, 0.25) is 0 Å². The van der Waals surface area contributed by atoms with Crippen LogP contribution in [-0.2, 0) is 16.2 Å². The molecular formula is C76H65N3S. The molecule has 390 valence electrons. The van der Waals surface area contributed by atoms with E-state index in [1.165, 1.54) is 114 Å². The third kappa shape index (κ3) is 8.22. The lowest BCUT2D eigenvalue weighted by molar-refractivity contribution is 0.590. The van der Waals surface area contributed by atoms with Gasteiger partial charge in [-0.05, 0) is 146 Å². The summed E-state index contributed by atoms with van der Waals surface area (Å²) in [7, 11) is 0. The standard InChI is InChI=1S/C76H65N3S/c1-74(2,3)52-26-18-30-57(44-52)77(55-28-16-24-50(42-55)48-20-12-10-13-21-48)59-33-34-64-69(47-59)80-68-41-38-61-60(70(64)68)35-36-62-63-37-40-67(71-65-46-54(76(7,8)9)32-39-66(65)79(72(61)62)73(63)71)78(58-31-19-27-53(45-58)75(4,5)6)56-29-17-25-51(43-56)49-22-14-11-15-23-49/h10-47H,1-9H3. The Balaban J connectivity index is 0.997. The van der Waals surface area contributed by atoms with Crippen LogP contribution in [0.5, 0.6) is 0 Å². The Morgan fingerprint density at radius 2 is 0.762 bits per heavy atom. The fourth-order valence-electron chi connectivity index (χ4n) is 12.5. The monoisotopic (exact) mass is 1050 g/mol. The lowest BCUT2D eigenvalue weighted by Gasteiger charge is -2.29.